The molecule has 0 fully saturated rings. The first-order valence-corrected chi connectivity index (χ1v) is 7.55. The van der Waals surface area contributed by atoms with Crippen molar-refractivity contribution in [2.24, 2.45) is 5.73 Å². The van der Waals surface area contributed by atoms with Crippen molar-refractivity contribution in [1.82, 2.24) is 9.97 Å². The molecule has 0 aliphatic carbocycles. The van der Waals surface area contributed by atoms with E-state index < -0.39 is 0 Å². The highest BCUT2D eigenvalue weighted by molar-refractivity contribution is 6.07. The normalized spacial score (nSPS) is 14.5. The van der Waals surface area contributed by atoms with Crippen molar-refractivity contribution in [3.8, 4) is 5.75 Å². The number of carbonyl (C=O) groups is 1. The molecule has 0 unspecified atom stereocenters. The number of benzene rings is 1. The number of rotatable bonds is 5. The van der Waals surface area contributed by atoms with Crippen LogP contribution in [0.4, 0.5) is 10.3 Å². The lowest BCUT2D eigenvalue weighted by atomic mass is 9.99. The molecule has 124 valence electrons. The molecule has 3 rings (SSSR count). The van der Waals surface area contributed by atoms with Gasteiger partial charge in [-0.05, 0) is 36.2 Å². The van der Waals surface area contributed by atoms with Crippen LogP contribution in [0.1, 0.15) is 15.9 Å². The number of ether oxygens (including phenoxy) is 1. The lowest BCUT2D eigenvalue weighted by Crippen LogP contribution is -2.38. The molecular formula is C17H17FN4O2. The molecule has 0 radical (unpaired) electrons. The summed E-state index contributed by atoms with van der Waals surface area (Å²) in [5.41, 5.74) is 7.26. The SMILES string of the molecule is NC/C(=C\F)COc1ccc2c(c1)CCN(c1ncccn1)C2=O. The number of amides is 1. The molecule has 0 saturated heterocycles. The first-order chi connectivity index (χ1) is 11.7. The van der Waals surface area contributed by atoms with Crippen LogP contribution >= 0.6 is 0 Å². The van der Waals surface area contributed by atoms with E-state index in [1.807, 2.05) is 6.07 Å². The van der Waals surface area contributed by atoms with Crippen LogP contribution in [0.2, 0.25) is 0 Å². The van der Waals surface area contributed by atoms with Gasteiger partial charge in [0.05, 0.1) is 6.33 Å². The van der Waals surface area contributed by atoms with E-state index in [9.17, 15) is 9.18 Å². The number of carbonyl (C=O) groups excluding carboxylic acids is 1. The van der Waals surface area contributed by atoms with Gasteiger partial charge >= 0.3 is 0 Å². The molecule has 2 heterocycles. The maximum atomic E-state index is 12.6. The van der Waals surface area contributed by atoms with E-state index in [4.69, 9.17) is 10.5 Å². The van der Waals surface area contributed by atoms with Crippen LogP contribution in [0.3, 0.4) is 0 Å². The van der Waals surface area contributed by atoms with E-state index in [-0.39, 0.29) is 19.1 Å². The molecule has 1 aliphatic rings. The molecule has 6 nitrogen and oxygen atoms in total. The lowest BCUT2D eigenvalue weighted by molar-refractivity contribution is 0.0979. The molecule has 0 bridgehead atoms. The summed E-state index contributed by atoms with van der Waals surface area (Å²) in [6, 6.07) is 6.92. The van der Waals surface area contributed by atoms with Gasteiger partial charge in [0, 0.05) is 36.6 Å². The number of hydrogen-bond donors (Lipinski definition) is 1. The summed E-state index contributed by atoms with van der Waals surface area (Å²) in [6.45, 7) is 0.688. The highest BCUT2D eigenvalue weighted by atomic mass is 19.1. The van der Waals surface area contributed by atoms with E-state index in [1.165, 1.54) is 0 Å². The van der Waals surface area contributed by atoms with Gasteiger partial charge in [0.2, 0.25) is 5.95 Å². The van der Waals surface area contributed by atoms with Crippen LogP contribution in [0.5, 0.6) is 5.75 Å². The monoisotopic (exact) mass is 328 g/mol. The zero-order chi connectivity index (χ0) is 16.9. The first-order valence-electron chi connectivity index (χ1n) is 7.55. The van der Waals surface area contributed by atoms with Gasteiger partial charge in [-0.15, -0.1) is 0 Å². The van der Waals surface area contributed by atoms with Crippen LogP contribution in [0, 0.1) is 0 Å². The van der Waals surface area contributed by atoms with Crippen molar-refractivity contribution in [3.63, 3.8) is 0 Å². The molecule has 0 saturated carbocycles. The molecule has 1 aromatic carbocycles. The van der Waals surface area contributed by atoms with E-state index in [1.54, 1.807) is 35.5 Å². The van der Waals surface area contributed by atoms with Crippen LogP contribution in [0.15, 0.2) is 48.6 Å². The van der Waals surface area contributed by atoms with Crippen LogP contribution in [-0.4, -0.2) is 35.6 Å². The Hall–Kier alpha value is -2.80. The van der Waals surface area contributed by atoms with E-state index in [2.05, 4.69) is 9.97 Å². The van der Waals surface area contributed by atoms with Gasteiger partial charge in [-0.3, -0.25) is 9.69 Å². The zero-order valence-corrected chi connectivity index (χ0v) is 13.0. The summed E-state index contributed by atoms with van der Waals surface area (Å²) < 4.78 is 18.0. The van der Waals surface area contributed by atoms with Gasteiger partial charge < -0.3 is 10.5 Å². The molecule has 1 aromatic heterocycles. The zero-order valence-electron chi connectivity index (χ0n) is 13.0. The summed E-state index contributed by atoms with van der Waals surface area (Å²) in [4.78, 5) is 22.4. The second-order valence-corrected chi connectivity index (χ2v) is 5.33. The fourth-order valence-corrected chi connectivity index (χ4v) is 2.49. The van der Waals surface area contributed by atoms with E-state index in [0.29, 0.717) is 42.1 Å². The summed E-state index contributed by atoms with van der Waals surface area (Å²) >= 11 is 0. The second-order valence-electron chi connectivity index (χ2n) is 5.33. The molecule has 0 atom stereocenters. The Kier molecular flexibility index (Phi) is 4.81. The van der Waals surface area contributed by atoms with E-state index in [0.717, 1.165) is 5.56 Å². The molecule has 0 spiro atoms. The number of hydrogen-bond acceptors (Lipinski definition) is 5. The van der Waals surface area contributed by atoms with Gasteiger partial charge in [0.1, 0.15) is 12.4 Å². The summed E-state index contributed by atoms with van der Waals surface area (Å²) in [7, 11) is 0. The summed E-state index contributed by atoms with van der Waals surface area (Å²) in [5.74, 6) is 0.841. The highest BCUT2D eigenvalue weighted by Crippen LogP contribution is 2.25. The minimum atomic E-state index is -0.139. The van der Waals surface area contributed by atoms with Gasteiger partial charge in [0.25, 0.3) is 5.91 Å². The van der Waals surface area contributed by atoms with Gasteiger partial charge in [-0.2, -0.15) is 0 Å². The predicted octanol–water partition coefficient (Wildman–Crippen LogP) is 1.87. The third-order valence-corrected chi connectivity index (χ3v) is 3.79. The fraction of sp³-hybridized carbons (Fsp3) is 0.235. The number of nitrogens with two attached hydrogens (primary N) is 1. The second kappa shape index (κ2) is 7.18. The molecular weight excluding hydrogens is 311 g/mol. The molecule has 2 aromatic rings. The Labute approximate surface area is 138 Å². The number of anilines is 1. The maximum Gasteiger partial charge on any atom is 0.260 e. The van der Waals surface area contributed by atoms with Crippen molar-refractivity contribution in [3.05, 3.63) is 59.7 Å². The Bertz CT molecular complexity index is 764. The molecule has 24 heavy (non-hydrogen) atoms. The van der Waals surface area contributed by atoms with E-state index >= 15 is 0 Å². The minimum Gasteiger partial charge on any atom is -0.489 e. The third-order valence-electron chi connectivity index (χ3n) is 3.79. The van der Waals surface area contributed by atoms with Crippen molar-refractivity contribution >= 4 is 11.9 Å². The van der Waals surface area contributed by atoms with Crippen LogP contribution in [-0.2, 0) is 6.42 Å². The maximum absolute atomic E-state index is 12.6. The molecule has 1 amide bonds. The average Bonchev–Trinajstić information content (AvgIpc) is 2.63. The molecule has 2 N–H and O–H groups in total. The fourth-order valence-electron chi connectivity index (χ4n) is 2.49. The number of fused-ring (bicyclic) bond motifs is 1. The number of halogens is 1. The Balaban J connectivity index is 1.77. The molecule has 1 aliphatic heterocycles. The van der Waals surface area contributed by atoms with Gasteiger partial charge in [0.15, 0.2) is 0 Å². The van der Waals surface area contributed by atoms with Crippen molar-refractivity contribution < 1.29 is 13.9 Å². The molecule has 7 heteroatoms. The standard InChI is InChI=1S/C17H17FN4O2/c18-9-12(10-19)11-24-14-2-3-15-13(8-14)4-7-22(16(15)23)17-20-5-1-6-21-17/h1-3,5-6,8-9H,4,7,10-11,19H2/b12-9+. The first kappa shape index (κ1) is 16.1. The Morgan fingerprint density at radius 1 is 1.38 bits per heavy atom. The topological polar surface area (TPSA) is 81.3 Å². The lowest BCUT2D eigenvalue weighted by Gasteiger charge is -2.27. The summed E-state index contributed by atoms with van der Waals surface area (Å²) in [6.07, 6.45) is 4.34. The van der Waals surface area contributed by atoms with Crippen LogP contribution < -0.4 is 15.4 Å². The summed E-state index contributed by atoms with van der Waals surface area (Å²) in [5, 5.41) is 0. The van der Waals surface area contributed by atoms with Crippen molar-refractivity contribution in [1.29, 1.82) is 0 Å². The van der Waals surface area contributed by atoms with Crippen LogP contribution in [0.25, 0.3) is 0 Å². The van der Waals surface area contributed by atoms with Gasteiger partial charge in [-0.1, -0.05) is 0 Å². The number of nitrogens with zero attached hydrogens (tertiary/aromatic N) is 3. The van der Waals surface area contributed by atoms with Crippen molar-refractivity contribution in [2.75, 3.05) is 24.6 Å². The average molecular weight is 328 g/mol. The largest absolute Gasteiger partial charge is 0.489 e. The van der Waals surface area contributed by atoms with Crippen molar-refractivity contribution in [2.45, 2.75) is 6.42 Å². The predicted molar refractivity (Wildman–Crippen MR) is 87.6 cm³/mol. The number of aromatic nitrogens is 2. The highest BCUT2D eigenvalue weighted by Gasteiger charge is 2.27. The Morgan fingerprint density at radius 3 is 2.88 bits per heavy atom. The van der Waals surface area contributed by atoms with Gasteiger partial charge in [-0.25, -0.2) is 14.4 Å². The Morgan fingerprint density at radius 2 is 2.17 bits per heavy atom. The smallest absolute Gasteiger partial charge is 0.260 e. The minimum absolute atomic E-state index is 0.0870. The quantitative estimate of drug-likeness (QED) is 0.906. The third kappa shape index (κ3) is 3.26.